The average Bonchev–Trinajstić information content (AvgIpc) is 2.84. The Bertz CT molecular complexity index is 624. The maximum absolute atomic E-state index is 5.24. The quantitative estimate of drug-likeness (QED) is 0.803. The summed E-state index contributed by atoms with van der Waals surface area (Å²) in [6.07, 6.45) is 9.55. The average molecular weight is 312 g/mol. The molecule has 1 aromatic carbocycles. The molecule has 0 spiro atoms. The molecule has 122 valence electrons. The number of anilines is 3. The highest BCUT2D eigenvalue weighted by Gasteiger charge is 2.12. The van der Waals surface area contributed by atoms with E-state index in [0.29, 0.717) is 12.0 Å². The normalized spacial score (nSPS) is 15.7. The highest BCUT2D eigenvalue weighted by atomic mass is 16.5. The second kappa shape index (κ2) is 7.81. The number of nitrogens with zero attached hydrogens (tertiary/aromatic N) is 2. The number of methoxy groups -OCH3 is 1. The lowest BCUT2D eigenvalue weighted by molar-refractivity contribution is 0.415. The van der Waals surface area contributed by atoms with Gasteiger partial charge in [0.1, 0.15) is 11.6 Å². The molecule has 0 saturated heterocycles. The molecule has 1 aliphatic rings. The fraction of sp³-hybridized carbons (Fsp3) is 0.444. The van der Waals surface area contributed by atoms with Crippen molar-refractivity contribution in [2.75, 3.05) is 17.7 Å². The van der Waals surface area contributed by atoms with Gasteiger partial charge in [-0.25, -0.2) is 4.98 Å². The first-order valence-electron chi connectivity index (χ1n) is 8.34. The van der Waals surface area contributed by atoms with Crippen LogP contribution in [0, 0.1) is 0 Å². The largest absolute Gasteiger partial charge is 0.497 e. The lowest BCUT2D eigenvalue weighted by Gasteiger charge is -2.17. The van der Waals surface area contributed by atoms with Crippen molar-refractivity contribution in [1.82, 2.24) is 9.97 Å². The minimum Gasteiger partial charge on any atom is -0.497 e. The first kappa shape index (κ1) is 15.6. The maximum Gasteiger partial charge on any atom is 0.229 e. The number of hydrogen-bond donors (Lipinski definition) is 2. The lowest BCUT2D eigenvalue weighted by Crippen LogP contribution is -2.19. The fourth-order valence-electron chi connectivity index (χ4n) is 2.96. The number of aromatic nitrogens is 2. The van der Waals surface area contributed by atoms with Crippen LogP contribution in [-0.4, -0.2) is 23.1 Å². The van der Waals surface area contributed by atoms with E-state index >= 15 is 0 Å². The summed E-state index contributed by atoms with van der Waals surface area (Å²) in [7, 11) is 1.66. The van der Waals surface area contributed by atoms with Gasteiger partial charge in [0.05, 0.1) is 7.11 Å². The van der Waals surface area contributed by atoms with E-state index in [0.717, 1.165) is 17.3 Å². The summed E-state index contributed by atoms with van der Waals surface area (Å²) in [6, 6.07) is 10.2. The van der Waals surface area contributed by atoms with Crippen molar-refractivity contribution in [1.29, 1.82) is 0 Å². The van der Waals surface area contributed by atoms with Gasteiger partial charge in [-0.2, -0.15) is 4.98 Å². The second-order valence-electron chi connectivity index (χ2n) is 5.96. The molecule has 0 radical (unpaired) electrons. The predicted octanol–water partition coefficient (Wildman–Crippen LogP) is 4.36. The third kappa shape index (κ3) is 4.58. The van der Waals surface area contributed by atoms with Gasteiger partial charge in [-0.15, -0.1) is 0 Å². The van der Waals surface area contributed by atoms with Gasteiger partial charge in [0.2, 0.25) is 5.95 Å². The van der Waals surface area contributed by atoms with E-state index in [-0.39, 0.29) is 0 Å². The molecular formula is C18H24N4O. The van der Waals surface area contributed by atoms with Crippen LogP contribution in [0.4, 0.5) is 17.5 Å². The summed E-state index contributed by atoms with van der Waals surface area (Å²) in [6.45, 7) is 0. The van der Waals surface area contributed by atoms with E-state index in [1.165, 1.54) is 38.5 Å². The SMILES string of the molecule is COc1cccc(Nc2nccc(NC3CCCCCC3)n2)c1. The van der Waals surface area contributed by atoms with Crippen LogP contribution in [0.1, 0.15) is 38.5 Å². The molecule has 1 fully saturated rings. The molecular weight excluding hydrogens is 288 g/mol. The van der Waals surface area contributed by atoms with Crippen molar-refractivity contribution < 1.29 is 4.74 Å². The van der Waals surface area contributed by atoms with Gasteiger partial charge in [-0.05, 0) is 31.0 Å². The third-order valence-electron chi connectivity index (χ3n) is 4.19. The number of rotatable bonds is 5. The zero-order valence-corrected chi connectivity index (χ0v) is 13.6. The Morgan fingerprint density at radius 1 is 1.09 bits per heavy atom. The molecule has 1 heterocycles. The third-order valence-corrected chi connectivity index (χ3v) is 4.19. The zero-order valence-electron chi connectivity index (χ0n) is 13.6. The van der Waals surface area contributed by atoms with Crippen LogP contribution in [0.5, 0.6) is 5.75 Å². The Kier molecular flexibility index (Phi) is 5.29. The van der Waals surface area contributed by atoms with Gasteiger partial charge in [0, 0.05) is 24.0 Å². The summed E-state index contributed by atoms with van der Waals surface area (Å²) in [4.78, 5) is 8.87. The van der Waals surface area contributed by atoms with Gasteiger partial charge < -0.3 is 15.4 Å². The van der Waals surface area contributed by atoms with Crippen LogP contribution in [0.25, 0.3) is 0 Å². The predicted molar refractivity (Wildman–Crippen MR) is 93.4 cm³/mol. The Morgan fingerprint density at radius 2 is 1.91 bits per heavy atom. The molecule has 0 unspecified atom stereocenters. The van der Waals surface area contributed by atoms with E-state index in [1.807, 2.05) is 30.3 Å². The van der Waals surface area contributed by atoms with Crippen LogP contribution in [0.15, 0.2) is 36.5 Å². The molecule has 3 rings (SSSR count). The van der Waals surface area contributed by atoms with Crippen molar-refractivity contribution in [2.45, 2.75) is 44.6 Å². The minimum atomic E-state index is 0.525. The standard InChI is InChI=1S/C18H24N4O/c1-23-16-10-6-9-15(13-16)21-18-19-12-11-17(22-18)20-14-7-4-2-3-5-8-14/h6,9-14H,2-5,7-8H2,1H3,(H2,19,20,21,22). The summed E-state index contributed by atoms with van der Waals surface area (Å²) < 4.78 is 5.24. The van der Waals surface area contributed by atoms with E-state index < -0.39 is 0 Å². The lowest BCUT2D eigenvalue weighted by atomic mass is 10.1. The molecule has 0 amide bonds. The number of hydrogen-bond acceptors (Lipinski definition) is 5. The number of ether oxygens (including phenoxy) is 1. The molecule has 5 heteroatoms. The maximum atomic E-state index is 5.24. The summed E-state index contributed by atoms with van der Waals surface area (Å²) in [5, 5.41) is 6.78. The molecule has 2 N–H and O–H groups in total. The molecule has 1 saturated carbocycles. The molecule has 5 nitrogen and oxygen atoms in total. The van der Waals surface area contributed by atoms with Crippen molar-refractivity contribution in [3.63, 3.8) is 0 Å². The molecule has 0 atom stereocenters. The van der Waals surface area contributed by atoms with Gasteiger partial charge in [-0.3, -0.25) is 0 Å². The van der Waals surface area contributed by atoms with E-state index in [4.69, 9.17) is 4.74 Å². The molecule has 1 aliphatic carbocycles. The number of nitrogens with one attached hydrogen (secondary N) is 2. The van der Waals surface area contributed by atoms with Gasteiger partial charge >= 0.3 is 0 Å². The van der Waals surface area contributed by atoms with Crippen LogP contribution in [0.2, 0.25) is 0 Å². The van der Waals surface area contributed by atoms with Crippen molar-refractivity contribution in [3.8, 4) is 5.75 Å². The van der Waals surface area contributed by atoms with Gasteiger partial charge in [0.25, 0.3) is 0 Å². The molecule has 0 aliphatic heterocycles. The Morgan fingerprint density at radius 3 is 2.70 bits per heavy atom. The highest BCUT2D eigenvalue weighted by Crippen LogP contribution is 2.22. The zero-order chi connectivity index (χ0) is 15.9. The van der Waals surface area contributed by atoms with E-state index in [9.17, 15) is 0 Å². The first-order chi connectivity index (χ1) is 11.3. The topological polar surface area (TPSA) is 59.1 Å². The highest BCUT2D eigenvalue weighted by molar-refractivity contribution is 5.57. The molecule has 1 aromatic heterocycles. The minimum absolute atomic E-state index is 0.525. The van der Waals surface area contributed by atoms with Crippen molar-refractivity contribution in [3.05, 3.63) is 36.5 Å². The summed E-state index contributed by atoms with van der Waals surface area (Å²) >= 11 is 0. The van der Waals surface area contributed by atoms with Gasteiger partial charge in [-0.1, -0.05) is 31.7 Å². The monoisotopic (exact) mass is 312 g/mol. The van der Waals surface area contributed by atoms with E-state index in [1.54, 1.807) is 13.3 Å². The molecule has 2 aromatic rings. The van der Waals surface area contributed by atoms with Crippen LogP contribution in [0.3, 0.4) is 0 Å². The molecule has 23 heavy (non-hydrogen) atoms. The van der Waals surface area contributed by atoms with Gasteiger partial charge in [0.15, 0.2) is 0 Å². The summed E-state index contributed by atoms with van der Waals surface area (Å²) in [5.41, 5.74) is 0.913. The van der Waals surface area contributed by atoms with Crippen LogP contribution >= 0.6 is 0 Å². The van der Waals surface area contributed by atoms with E-state index in [2.05, 4.69) is 20.6 Å². The van der Waals surface area contributed by atoms with Crippen LogP contribution in [-0.2, 0) is 0 Å². The Labute approximate surface area is 137 Å². The second-order valence-corrected chi connectivity index (χ2v) is 5.96. The van der Waals surface area contributed by atoms with Crippen molar-refractivity contribution in [2.24, 2.45) is 0 Å². The first-order valence-corrected chi connectivity index (χ1v) is 8.34. The Hall–Kier alpha value is -2.30. The summed E-state index contributed by atoms with van der Waals surface area (Å²) in [5.74, 6) is 2.29. The van der Waals surface area contributed by atoms with Crippen molar-refractivity contribution >= 4 is 17.5 Å². The number of benzene rings is 1. The van der Waals surface area contributed by atoms with Crippen LogP contribution < -0.4 is 15.4 Å². The smallest absolute Gasteiger partial charge is 0.229 e. The Balaban J connectivity index is 1.66. The fourth-order valence-corrected chi connectivity index (χ4v) is 2.96. The molecule has 0 bridgehead atoms.